The fourth-order valence-corrected chi connectivity index (χ4v) is 7.14. The predicted octanol–water partition coefficient (Wildman–Crippen LogP) is 6.62. The lowest BCUT2D eigenvalue weighted by Gasteiger charge is -2.32. The third-order valence-corrected chi connectivity index (χ3v) is 10.5. The summed E-state index contributed by atoms with van der Waals surface area (Å²) < 4.78 is 0. The number of carbonyl (C=O) groups excluding carboxylic acids is 4. The van der Waals surface area contributed by atoms with Crippen LogP contribution in [-0.4, -0.2) is 69.3 Å². The van der Waals surface area contributed by atoms with E-state index in [9.17, 15) is 34.5 Å². The number of rotatable bonds is 11. The molecule has 6 N–H and O–H groups in total. The number of carbonyl (C=O) groups is 4. The Labute approximate surface area is 321 Å². The maximum absolute atomic E-state index is 14.5. The van der Waals surface area contributed by atoms with Crippen molar-refractivity contribution >= 4 is 35.0 Å². The molecule has 11 heteroatoms. The summed E-state index contributed by atoms with van der Waals surface area (Å²) in [5.74, 6) is -3.39. The number of nitrogens with zero attached hydrogens (tertiary/aromatic N) is 1. The zero-order valence-corrected chi connectivity index (χ0v) is 31.6. The molecule has 0 spiro atoms. The molecule has 1 aliphatic rings. The van der Waals surface area contributed by atoms with Crippen LogP contribution in [0, 0.1) is 11.8 Å². The molecule has 5 atom stereocenters. The Balaban J connectivity index is 1.50. The van der Waals surface area contributed by atoms with E-state index in [0.717, 1.165) is 11.1 Å². The minimum atomic E-state index is -1.20. The molecule has 0 saturated carbocycles. The zero-order valence-electron chi connectivity index (χ0n) is 30.8. The largest absolute Gasteiger partial charge is 0.507 e. The highest BCUT2D eigenvalue weighted by Crippen LogP contribution is 2.39. The molecule has 2 amide bonds. The monoisotopic (exact) mass is 753 g/mol. The summed E-state index contributed by atoms with van der Waals surface area (Å²) >= 11 is 6.04. The average Bonchev–Trinajstić information content (AvgIpc) is 3.15. The maximum Gasteiger partial charge on any atom is 0.226 e. The molecule has 0 aromatic heterocycles. The van der Waals surface area contributed by atoms with E-state index in [1.165, 1.54) is 24.1 Å². The summed E-state index contributed by atoms with van der Waals surface area (Å²) in [6, 6.07) is 22.0. The SMILES string of the molecule is CC(O)[C@@H]1Cc2ccc(O)c(c2)-c2cc(ccc2O)[C@H](N(C)C(=O)[C@H](CCCCN)CC(=O)c2ccc(-c3ccc(Cl)cc3)cc2)C(=O)C[C@@H](C)C(=O)N1. The average molecular weight is 754 g/mol. The highest BCUT2D eigenvalue weighted by molar-refractivity contribution is 6.30. The molecule has 1 aliphatic heterocycles. The van der Waals surface area contributed by atoms with E-state index in [1.807, 2.05) is 24.3 Å². The summed E-state index contributed by atoms with van der Waals surface area (Å²) in [6.07, 6.45) is 0.550. The predicted molar refractivity (Wildman–Crippen MR) is 209 cm³/mol. The van der Waals surface area contributed by atoms with Crippen molar-refractivity contribution in [2.75, 3.05) is 13.6 Å². The number of aliphatic hydroxyl groups excluding tert-OH is 1. The number of halogens is 1. The standard InChI is InChI=1S/C43H48ClN3O7/c1-25-20-40(52)41(31-14-18-38(50)35(23-31)34-21-27(7-17-37(34)49)22-36(26(2)48)46-42(25)53)47(3)43(54)32(6-4-5-19-45)24-39(51)30-10-8-28(9-11-30)29-12-15-33(44)16-13-29/h7-18,21,23,25-26,32,36,41,48-50H,4-6,19-20,22,24,45H2,1-3H3,(H,46,53)/t25-,26?,32-,36+,41+/m1/s1. The van der Waals surface area contributed by atoms with Crippen LogP contribution in [0.4, 0.5) is 0 Å². The third-order valence-electron chi connectivity index (χ3n) is 10.2. The van der Waals surface area contributed by atoms with Gasteiger partial charge in [-0.3, -0.25) is 19.2 Å². The molecule has 4 bridgehead atoms. The minimum Gasteiger partial charge on any atom is -0.507 e. The highest BCUT2D eigenvalue weighted by Gasteiger charge is 2.36. The van der Waals surface area contributed by atoms with Crippen molar-refractivity contribution in [3.63, 3.8) is 0 Å². The fourth-order valence-electron chi connectivity index (χ4n) is 7.01. The van der Waals surface area contributed by atoms with Gasteiger partial charge < -0.3 is 31.3 Å². The number of amides is 2. The van der Waals surface area contributed by atoms with Crippen molar-refractivity contribution in [3.8, 4) is 33.8 Å². The molecular weight excluding hydrogens is 706 g/mol. The smallest absolute Gasteiger partial charge is 0.226 e. The van der Waals surface area contributed by atoms with Crippen LogP contribution in [-0.2, 0) is 20.8 Å². The van der Waals surface area contributed by atoms with Crippen LogP contribution in [0.2, 0.25) is 5.02 Å². The Hall–Kier alpha value is -5.03. The number of phenols is 2. The van der Waals surface area contributed by atoms with Gasteiger partial charge in [0.15, 0.2) is 11.6 Å². The topological polar surface area (TPSA) is 170 Å². The fraction of sp³-hybridized carbons (Fsp3) is 0.349. The molecule has 1 unspecified atom stereocenters. The molecule has 0 fully saturated rings. The number of fused-ring (bicyclic) bond motifs is 5. The first-order chi connectivity index (χ1) is 25.8. The second kappa shape index (κ2) is 17.9. The Morgan fingerprint density at radius 3 is 2.13 bits per heavy atom. The third kappa shape index (κ3) is 9.55. The van der Waals surface area contributed by atoms with Crippen LogP contribution in [0.5, 0.6) is 11.5 Å². The van der Waals surface area contributed by atoms with Crippen molar-refractivity contribution < 1.29 is 34.5 Å². The van der Waals surface area contributed by atoms with Crippen molar-refractivity contribution in [1.82, 2.24) is 10.2 Å². The van der Waals surface area contributed by atoms with E-state index in [0.29, 0.717) is 47.5 Å². The lowest BCUT2D eigenvalue weighted by atomic mass is 9.87. The van der Waals surface area contributed by atoms with Gasteiger partial charge in [-0.2, -0.15) is 0 Å². The Bertz CT molecular complexity index is 1980. The number of nitrogens with two attached hydrogens (primary N) is 1. The molecule has 5 rings (SSSR count). The summed E-state index contributed by atoms with van der Waals surface area (Å²) in [7, 11) is 1.51. The Kier molecular flexibility index (Phi) is 13.3. The van der Waals surface area contributed by atoms with Crippen molar-refractivity contribution in [2.24, 2.45) is 17.6 Å². The maximum atomic E-state index is 14.5. The first-order valence-corrected chi connectivity index (χ1v) is 18.7. The van der Waals surface area contributed by atoms with Gasteiger partial charge in [0.1, 0.15) is 17.5 Å². The number of phenolic OH excluding ortho intramolecular Hbond substituents is 2. The van der Waals surface area contributed by atoms with Crippen molar-refractivity contribution in [2.45, 2.75) is 70.6 Å². The minimum absolute atomic E-state index is 0.101. The lowest BCUT2D eigenvalue weighted by Crippen LogP contribution is -2.46. The van der Waals surface area contributed by atoms with Gasteiger partial charge in [-0.15, -0.1) is 0 Å². The first-order valence-electron chi connectivity index (χ1n) is 18.3. The highest BCUT2D eigenvalue weighted by atomic mass is 35.5. The Morgan fingerprint density at radius 1 is 0.889 bits per heavy atom. The van der Waals surface area contributed by atoms with Crippen LogP contribution in [0.25, 0.3) is 22.3 Å². The number of likely N-dealkylation sites (N-methyl/N-ethyl adjacent to an activating group) is 1. The van der Waals surface area contributed by atoms with Gasteiger partial charge in [-0.1, -0.05) is 73.5 Å². The molecule has 0 radical (unpaired) electrons. The number of ketones is 2. The van der Waals surface area contributed by atoms with Crippen LogP contribution in [0.15, 0.2) is 84.9 Å². The van der Waals surface area contributed by atoms with E-state index >= 15 is 0 Å². The van der Waals surface area contributed by atoms with E-state index in [-0.39, 0.29) is 47.7 Å². The summed E-state index contributed by atoms with van der Waals surface area (Å²) in [5.41, 5.74) is 9.65. The molecule has 1 heterocycles. The van der Waals surface area contributed by atoms with Crippen molar-refractivity contribution in [1.29, 1.82) is 0 Å². The van der Waals surface area contributed by atoms with E-state index in [4.69, 9.17) is 17.3 Å². The molecular formula is C43H48ClN3O7. The first kappa shape index (κ1) is 40.2. The molecule has 10 nitrogen and oxygen atoms in total. The molecule has 54 heavy (non-hydrogen) atoms. The quantitative estimate of drug-likeness (QED) is 0.0841. The van der Waals surface area contributed by atoms with Crippen molar-refractivity contribution in [3.05, 3.63) is 107 Å². The molecule has 4 aromatic rings. The van der Waals surface area contributed by atoms with Crippen LogP contribution >= 0.6 is 11.6 Å². The zero-order chi connectivity index (χ0) is 39.1. The summed E-state index contributed by atoms with van der Waals surface area (Å²) in [4.78, 5) is 57.2. The number of aliphatic hydroxyl groups is 1. The van der Waals surface area contributed by atoms with Crippen LogP contribution < -0.4 is 11.1 Å². The van der Waals surface area contributed by atoms with Gasteiger partial charge in [-0.25, -0.2) is 0 Å². The summed E-state index contributed by atoms with van der Waals surface area (Å²) in [6.45, 7) is 3.59. The number of Topliss-reactive ketones (excluding diaryl/α,β-unsaturated/α-hetero) is 2. The molecule has 4 aromatic carbocycles. The molecule has 284 valence electrons. The van der Waals surface area contributed by atoms with Gasteiger partial charge >= 0.3 is 0 Å². The molecule has 0 saturated heterocycles. The second-order valence-electron chi connectivity index (χ2n) is 14.3. The number of hydrogen-bond donors (Lipinski definition) is 5. The van der Waals surface area contributed by atoms with E-state index in [1.54, 1.807) is 62.4 Å². The number of unbranched alkanes of at least 4 members (excludes halogenated alkanes) is 1. The van der Waals surface area contributed by atoms with Gasteiger partial charge in [0.2, 0.25) is 11.8 Å². The number of benzene rings is 4. The van der Waals surface area contributed by atoms with Gasteiger partial charge in [0.25, 0.3) is 0 Å². The molecule has 0 aliphatic carbocycles. The van der Waals surface area contributed by atoms with Gasteiger partial charge in [0, 0.05) is 53.4 Å². The number of nitrogens with one attached hydrogen (secondary N) is 1. The van der Waals surface area contributed by atoms with E-state index < -0.39 is 47.6 Å². The lowest BCUT2D eigenvalue weighted by molar-refractivity contribution is -0.142. The van der Waals surface area contributed by atoms with E-state index in [2.05, 4.69) is 5.32 Å². The van der Waals surface area contributed by atoms with Gasteiger partial charge in [0.05, 0.1) is 12.1 Å². The number of aromatic hydroxyl groups is 2. The van der Waals surface area contributed by atoms with Crippen LogP contribution in [0.1, 0.15) is 73.5 Å². The summed E-state index contributed by atoms with van der Waals surface area (Å²) in [5, 5.41) is 35.9. The van der Waals surface area contributed by atoms with Crippen LogP contribution in [0.3, 0.4) is 0 Å². The normalized spacial score (nSPS) is 18.6. The number of hydrogen-bond acceptors (Lipinski definition) is 8. The second-order valence-corrected chi connectivity index (χ2v) is 14.7. The Morgan fingerprint density at radius 2 is 1.50 bits per heavy atom. The van der Waals surface area contributed by atoms with Gasteiger partial charge in [-0.05, 0) is 91.4 Å².